The van der Waals surface area contributed by atoms with E-state index in [1.165, 1.54) is 11.0 Å². The van der Waals surface area contributed by atoms with Gasteiger partial charge >= 0.3 is 0 Å². The molecule has 7 heteroatoms. The number of aliphatic hydroxyl groups is 1. The molecule has 0 bridgehead atoms. The van der Waals surface area contributed by atoms with E-state index in [1.807, 2.05) is 109 Å². The molecule has 4 aliphatic rings. The van der Waals surface area contributed by atoms with Gasteiger partial charge in [0.25, 0.3) is 0 Å². The summed E-state index contributed by atoms with van der Waals surface area (Å²) in [6.45, 7) is 2.08. The Morgan fingerprint density at radius 1 is 0.804 bits per heavy atom. The minimum Gasteiger partial charge on any atom is -0.491 e. The molecule has 6 atom stereocenters. The number of imide groups is 1. The van der Waals surface area contributed by atoms with E-state index >= 15 is 9.59 Å². The summed E-state index contributed by atoms with van der Waals surface area (Å²) in [5.74, 6) is -3.26. The molecule has 4 aromatic rings. The molecule has 7 nitrogen and oxygen atoms in total. The van der Waals surface area contributed by atoms with E-state index < -0.39 is 35.0 Å². The first-order valence-corrected chi connectivity index (χ1v) is 17.8. The average molecular weight is 678 g/mol. The maximum Gasteiger partial charge on any atom is 0.238 e. The van der Waals surface area contributed by atoms with Crippen molar-refractivity contribution >= 4 is 34.6 Å². The number of carbonyl (C=O) groups excluding carboxylic acids is 4. The number of nitrogens with zero attached hydrogens (tertiary/aromatic N) is 1. The molecule has 1 aliphatic heterocycles. The monoisotopic (exact) mass is 677 g/mol. The first-order valence-electron chi connectivity index (χ1n) is 17.8. The summed E-state index contributed by atoms with van der Waals surface area (Å²) in [4.78, 5) is 60.2. The fraction of sp³-hybridized carbons (Fsp3) is 0.273. The van der Waals surface area contributed by atoms with Gasteiger partial charge in [-0.25, -0.2) is 0 Å². The molecule has 2 amide bonds. The zero-order valence-electron chi connectivity index (χ0n) is 28.4. The molecule has 1 saturated heterocycles. The molecule has 1 saturated carbocycles. The van der Waals surface area contributed by atoms with E-state index in [2.05, 4.69) is 13.0 Å². The second-order valence-corrected chi connectivity index (χ2v) is 14.0. The zero-order valence-corrected chi connectivity index (χ0v) is 28.4. The van der Waals surface area contributed by atoms with Crippen LogP contribution in [0.4, 0.5) is 5.69 Å². The minimum atomic E-state index is -1.29. The van der Waals surface area contributed by atoms with Gasteiger partial charge in [0, 0.05) is 17.4 Å². The second kappa shape index (κ2) is 13.1. The van der Waals surface area contributed by atoms with Crippen LogP contribution < -0.4 is 9.64 Å². The topological polar surface area (TPSA) is 101 Å². The fourth-order valence-corrected chi connectivity index (χ4v) is 9.30. The van der Waals surface area contributed by atoms with Crippen molar-refractivity contribution in [1.82, 2.24) is 0 Å². The van der Waals surface area contributed by atoms with Gasteiger partial charge in [0.05, 0.1) is 29.5 Å². The van der Waals surface area contributed by atoms with Gasteiger partial charge in [-0.3, -0.25) is 24.1 Å². The highest BCUT2D eigenvalue weighted by Crippen LogP contribution is 2.63. The minimum absolute atomic E-state index is 0.125. The van der Waals surface area contributed by atoms with Crippen LogP contribution in [-0.2, 0) is 31.0 Å². The van der Waals surface area contributed by atoms with Crippen molar-refractivity contribution in [3.05, 3.63) is 149 Å². The van der Waals surface area contributed by atoms with Crippen LogP contribution in [0.5, 0.6) is 5.75 Å². The number of benzene rings is 4. The predicted octanol–water partition coefficient (Wildman–Crippen LogP) is 6.65. The quantitative estimate of drug-likeness (QED) is 0.166. The van der Waals surface area contributed by atoms with E-state index in [9.17, 15) is 14.7 Å². The third-order valence-corrected chi connectivity index (χ3v) is 11.6. The summed E-state index contributed by atoms with van der Waals surface area (Å²) < 4.78 is 5.69. The number of fused-ring (bicyclic) bond motifs is 4. The van der Waals surface area contributed by atoms with Gasteiger partial charge < -0.3 is 9.84 Å². The molecule has 0 spiro atoms. The Hall–Kier alpha value is -5.40. The highest BCUT2D eigenvalue weighted by atomic mass is 16.5. The first kappa shape index (κ1) is 32.8. The van der Waals surface area contributed by atoms with Gasteiger partial charge in [0.1, 0.15) is 12.4 Å². The lowest BCUT2D eigenvalue weighted by atomic mass is 9.44. The van der Waals surface area contributed by atoms with E-state index in [4.69, 9.17) is 4.74 Å². The van der Waals surface area contributed by atoms with Crippen molar-refractivity contribution in [3.8, 4) is 5.75 Å². The van der Waals surface area contributed by atoms with Crippen LogP contribution in [0.3, 0.4) is 0 Å². The third kappa shape index (κ3) is 5.13. The zero-order chi connectivity index (χ0) is 35.3. The van der Waals surface area contributed by atoms with Gasteiger partial charge in [-0.2, -0.15) is 0 Å². The van der Waals surface area contributed by atoms with Crippen molar-refractivity contribution in [1.29, 1.82) is 0 Å². The van der Waals surface area contributed by atoms with Gasteiger partial charge in [-0.1, -0.05) is 104 Å². The summed E-state index contributed by atoms with van der Waals surface area (Å²) in [5.41, 5.74) is 3.91. The van der Waals surface area contributed by atoms with E-state index in [0.29, 0.717) is 29.0 Å². The Bertz CT molecular complexity index is 2070. The van der Waals surface area contributed by atoms with Gasteiger partial charge in [-0.15, -0.1) is 0 Å². The summed E-state index contributed by atoms with van der Waals surface area (Å²) in [7, 11) is 0. The Morgan fingerprint density at radius 3 is 2.16 bits per heavy atom. The number of hydrogen-bond donors (Lipinski definition) is 1. The Kier molecular flexibility index (Phi) is 8.39. The Balaban J connectivity index is 1.32. The molecule has 4 aromatic carbocycles. The molecule has 3 aliphatic carbocycles. The lowest BCUT2D eigenvalue weighted by Gasteiger charge is -2.55. The summed E-state index contributed by atoms with van der Waals surface area (Å²) >= 11 is 0. The molecule has 2 fully saturated rings. The largest absolute Gasteiger partial charge is 0.491 e. The fourth-order valence-electron chi connectivity index (χ4n) is 9.30. The molecule has 0 aromatic heterocycles. The molecule has 1 N–H and O–H groups in total. The number of Topliss-reactive ketones (excluding diaryl/α,β-unsaturated/α-hetero) is 1. The number of aryl methyl sites for hydroxylation is 1. The summed E-state index contributed by atoms with van der Waals surface area (Å²) in [6.07, 6.45) is 5.07. The highest BCUT2D eigenvalue weighted by molar-refractivity contribution is 6.32. The molecular formula is C44H39NO6. The van der Waals surface area contributed by atoms with Gasteiger partial charge in [0.15, 0.2) is 11.6 Å². The maximum absolute atomic E-state index is 15.1. The van der Waals surface area contributed by atoms with Crippen LogP contribution in [0.15, 0.2) is 127 Å². The Labute approximate surface area is 297 Å². The van der Waals surface area contributed by atoms with Crippen molar-refractivity contribution in [2.45, 2.75) is 37.5 Å². The normalized spacial score (nSPS) is 26.9. The first-order chi connectivity index (χ1) is 24.9. The summed E-state index contributed by atoms with van der Waals surface area (Å²) in [5, 5.41) is 9.33. The van der Waals surface area contributed by atoms with Crippen LogP contribution >= 0.6 is 0 Å². The average Bonchev–Trinajstić information content (AvgIpc) is 3.44. The molecule has 0 unspecified atom stereocenters. The number of ether oxygens (including phenoxy) is 1. The van der Waals surface area contributed by atoms with E-state index in [-0.39, 0.29) is 43.0 Å². The molecule has 8 rings (SSSR count). The lowest BCUT2D eigenvalue weighted by molar-refractivity contribution is -0.135. The smallest absolute Gasteiger partial charge is 0.238 e. The van der Waals surface area contributed by atoms with Crippen molar-refractivity contribution in [2.75, 3.05) is 18.1 Å². The SMILES string of the molecule is CCc1ccc(N2C(=O)[C@H]3[C@H](CC=C4[C@H]3C[C@H]3C(=O)C(c5ccccc5)=CC(=O)[C@@]3(c3ccccc3)[C@H]4c3ccc(OCCO)cc3)C2=O)cc1. The third-order valence-electron chi connectivity index (χ3n) is 11.6. The van der Waals surface area contributed by atoms with Crippen LogP contribution in [0, 0.1) is 23.7 Å². The number of anilines is 1. The second-order valence-electron chi connectivity index (χ2n) is 14.0. The number of carbonyl (C=O) groups is 4. The molecule has 1 heterocycles. The van der Waals surface area contributed by atoms with Gasteiger partial charge in [0.2, 0.25) is 11.8 Å². The number of ketones is 2. The van der Waals surface area contributed by atoms with Crippen LogP contribution in [0.25, 0.3) is 5.57 Å². The molecule has 0 radical (unpaired) electrons. The molecular weight excluding hydrogens is 638 g/mol. The Morgan fingerprint density at radius 2 is 1.49 bits per heavy atom. The van der Waals surface area contributed by atoms with Crippen molar-refractivity contribution in [3.63, 3.8) is 0 Å². The lowest BCUT2D eigenvalue weighted by Crippen LogP contribution is -2.58. The molecule has 51 heavy (non-hydrogen) atoms. The number of rotatable bonds is 8. The van der Waals surface area contributed by atoms with E-state index in [1.54, 1.807) is 0 Å². The van der Waals surface area contributed by atoms with E-state index in [0.717, 1.165) is 28.7 Å². The predicted molar refractivity (Wildman–Crippen MR) is 194 cm³/mol. The number of aliphatic hydroxyl groups excluding tert-OH is 1. The number of allylic oxidation sites excluding steroid dienone is 4. The summed E-state index contributed by atoms with van der Waals surface area (Å²) in [6, 6.07) is 33.9. The number of hydrogen-bond acceptors (Lipinski definition) is 6. The van der Waals surface area contributed by atoms with Crippen LogP contribution in [-0.4, -0.2) is 41.7 Å². The van der Waals surface area contributed by atoms with Crippen molar-refractivity contribution in [2.24, 2.45) is 23.7 Å². The highest BCUT2D eigenvalue weighted by Gasteiger charge is 2.66. The molecule has 256 valence electrons. The van der Waals surface area contributed by atoms with Gasteiger partial charge in [-0.05, 0) is 77.8 Å². The maximum atomic E-state index is 15.1. The van der Waals surface area contributed by atoms with Crippen molar-refractivity contribution < 1.29 is 29.0 Å². The van der Waals surface area contributed by atoms with Crippen LogP contribution in [0.1, 0.15) is 47.9 Å². The van der Waals surface area contributed by atoms with Crippen LogP contribution in [0.2, 0.25) is 0 Å². The standard InChI is InChI=1S/C44H39NO6/c1-2-27-13-17-31(18-14-27)45-42(49)34-22-21-33-36(39(34)43(45)50)25-37-41(48)35(28-9-5-3-6-10-28)26-38(47)44(37,30-11-7-4-8-12-30)40(33)29-15-19-32(20-16-29)51-24-23-46/h3-21,26,34,36-37,39-40,46H,2,22-25H2,1H3/t34-,36+,37-,39-,40-,44-/m0/s1. The number of amides is 2.